The third-order valence-corrected chi connectivity index (χ3v) is 5.64. The highest BCUT2D eigenvalue weighted by molar-refractivity contribution is 6.31. The highest BCUT2D eigenvalue weighted by Crippen LogP contribution is 2.33. The van der Waals surface area contributed by atoms with E-state index in [4.69, 9.17) is 26.3 Å². The molecule has 0 amide bonds. The second-order valence-electron chi connectivity index (χ2n) is 7.17. The average Bonchev–Trinajstić information content (AvgIpc) is 2.96. The lowest BCUT2D eigenvalue weighted by molar-refractivity contribution is 0.122. The number of anilines is 1. The van der Waals surface area contributed by atoms with Gasteiger partial charge in [-0.1, -0.05) is 23.7 Å². The van der Waals surface area contributed by atoms with Crippen LogP contribution < -0.4 is 4.90 Å². The number of nitrogens with zero attached hydrogens (tertiary/aromatic N) is 4. The molecule has 29 heavy (non-hydrogen) atoms. The van der Waals surface area contributed by atoms with E-state index in [-0.39, 0.29) is 5.82 Å². The van der Waals surface area contributed by atoms with E-state index in [1.54, 1.807) is 12.1 Å². The number of hydrogen-bond acceptors (Lipinski definition) is 4. The first-order chi connectivity index (χ1) is 14.1. The molecule has 0 saturated carbocycles. The van der Waals surface area contributed by atoms with Crippen LogP contribution in [0.1, 0.15) is 22.6 Å². The Morgan fingerprint density at radius 3 is 2.66 bits per heavy atom. The molecule has 3 aromatic rings. The Balaban J connectivity index is 1.73. The summed E-state index contributed by atoms with van der Waals surface area (Å²) in [7, 11) is 0. The molecule has 0 aliphatic carbocycles. The van der Waals surface area contributed by atoms with Crippen LogP contribution in [0.2, 0.25) is 5.02 Å². The highest BCUT2D eigenvalue weighted by atomic mass is 35.5. The quantitative estimate of drug-likeness (QED) is 0.637. The molecule has 1 aromatic heterocycles. The minimum atomic E-state index is -0.299. The number of hydrogen-bond donors (Lipinski definition) is 0. The Labute approximate surface area is 173 Å². The van der Waals surface area contributed by atoms with E-state index >= 15 is 0 Å². The van der Waals surface area contributed by atoms with Gasteiger partial charge in [0.1, 0.15) is 11.6 Å². The smallest absolute Gasteiger partial charge is 0.152 e. The van der Waals surface area contributed by atoms with Gasteiger partial charge in [0, 0.05) is 29.2 Å². The molecule has 0 bridgehead atoms. The van der Waals surface area contributed by atoms with Gasteiger partial charge >= 0.3 is 0 Å². The van der Waals surface area contributed by atoms with Crippen molar-refractivity contribution in [1.29, 1.82) is 0 Å². The van der Waals surface area contributed by atoms with Crippen LogP contribution in [0.4, 0.5) is 10.2 Å². The Hall–Kier alpha value is -2.70. The van der Waals surface area contributed by atoms with Gasteiger partial charge in [-0.2, -0.15) is 0 Å². The summed E-state index contributed by atoms with van der Waals surface area (Å²) in [5.41, 5.74) is 3.79. The number of aromatic nitrogens is 2. The Morgan fingerprint density at radius 1 is 1.07 bits per heavy atom. The molecule has 0 atom stereocenters. The zero-order valence-corrected chi connectivity index (χ0v) is 16.8. The summed E-state index contributed by atoms with van der Waals surface area (Å²) in [6.07, 6.45) is 0. The molecule has 2 aromatic carbocycles. The lowest BCUT2D eigenvalue weighted by Crippen LogP contribution is -2.37. The first kappa shape index (κ1) is 18.3. The average molecular weight is 411 g/mol. The van der Waals surface area contributed by atoms with Crippen molar-refractivity contribution >= 4 is 23.1 Å². The van der Waals surface area contributed by atoms with Crippen molar-refractivity contribution in [2.75, 3.05) is 31.2 Å². The van der Waals surface area contributed by atoms with Crippen LogP contribution in [0, 0.1) is 12.7 Å². The lowest BCUT2D eigenvalue weighted by atomic mass is 10.00. The van der Waals surface area contributed by atoms with Gasteiger partial charge in [0.2, 0.25) is 0 Å². The molecule has 5 rings (SSSR count). The maximum Gasteiger partial charge on any atom is 0.152 e. The summed E-state index contributed by atoms with van der Waals surface area (Å²) < 4.78 is 22.3. The molecule has 1 saturated heterocycles. The first-order valence-corrected chi connectivity index (χ1v) is 10.0. The molecule has 2 aliphatic heterocycles. The summed E-state index contributed by atoms with van der Waals surface area (Å²) in [4.78, 5) is 11.9. The van der Waals surface area contributed by atoms with Gasteiger partial charge in [0.15, 0.2) is 5.82 Å². The van der Waals surface area contributed by atoms with Gasteiger partial charge in [0.25, 0.3) is 0 Å². The predicted molar refractivity (Wildman–Crippen MR) is 112 cm³/mol. The van der Waals surface area contributed by atoms with Crippen molar-refractivity contribution < 1.29 is 9.13 Å². The van der Waals surface area contributed by atoms with E-state index in [9.17, 15) is 4.39 Å². The van der Waals surface area contributed by atoms with E-state index in [1.165, 1.54) is 6.07 Å². The van der Waals surface area contributed by atoms with Gasteiger partial charge in [-0.05, 0) is 37.3 Å². The van der Waals surface area contributed by atoms with Crippen LogP contribution in [-0.2, 0) is 11.3 Å². The zero-order chi connectivity index (χ0) is 20.0. The van der Waals surface area contributed by atoms with Crippen molar-refractivity contribution in [3.05, 3.63) is 75.9 Å². The number of ether oxygens (including phenoxy) is 1. The molecule has 2 aliphatic rings. The minimum absolute atomic E-state index is 0.299. The van der Waals surface area contributed by atoms with E-state index in [0.717, 1.165) is 41.7 Å². The number of halogens is 2. The first-order valence-electron chi connectivity index (χ1n) is 9.64. The van der Waals surface area contributed by atoms with Crippen molar-refractivity contribution in [3.8, 4) is 5.69 Å². The summed E-state index contributed by atoms with van der Waals surface area (Å²) in [6, 6.07) is 12.4. The van der Waals surface area contributed by atoms with Crippen LogP contribution in [0.3, 0.4) is 0 Å². The fourth-order valence-corrected chi connectivity index (χ4v) is 4.24. The van der Waals surface area contributed by atoms with E-state index in [0.29, 0.717) is 36.1 Å². The highest BCUT2D eigenvalue weighted by Gasteiger charge is 2.27. The van der Waals surface area contributed by atoms with Crippen LogP contribution in [0.5, 0.6) is 0 Å². The van der Waals surface area contributed by atoms with Gasteiger partial charge in [-0.25, -0.2) is 9.37 Å². The molecule has 0 radical (unpaired) electrons. The molecule has 0 spiro atoms. The van der Waals surface area contributed by atoms with Gasteiger partial charge < -0.3 is 9.64 Å². The summed E-state index contributed by atoms with van der Waals surface area (Å²) >= 11 is 6.32. The van der Waals surface area contributed by atoms with Crippen LogP contribution >= 0.6 is 11.6 Å². The van der Waals surface area contributed by atoms with Crippen LogP contribution in [-0.4, -0.2) is 41.6 Å². The summed E-state index contributed by atoms with van der Waals surface area (Å²) in [5.74, 6) is 1.49. The number of aliphatic imine (C=N–C) groups is 1. The fourth-order valence-electron chi connectivity index (χ4n) is 4.07. The Morgan fingerprint density at radius 2 is 1.86 bits per heavy atom. The van der Waals surface area contributed by atoms with Crippen molar-refractivity contribution in [2.45, 2.75) is 13.5 Å². The maximum absolute atomic E-state index is 14.7. The fraction of sp³-hybridized carbons (Fsp3) is 0.273. The monoisotopic (exact) mass is 410 g/mol. The molecule has 7 heteroatoms. The predicted octanol–water partition coefficient (Wildman–Crippen LogP) is 4.16. The SMILES string of the molecule is Cc1nc(N2CCOCC2)c2n1-c1ccc(Cl)cc1C(c1ccccc1F)=NC2. The molecule has 0 N–H and O–H groups in total. The largest absolute Gasteiger partial charge is 0.378 e. The van der Waals surface area contributed by atoms with Gasteiger partial charge in [-0.15, -0.1) is 0 Å². The lowest BCUT2D eigenvalue weighted by Gasteiger charge is -2.27. The van der Waals surface area contributed by atoms with Crippen LogP contribution in [0.15, 0.2) is 47.5 Å². The second-order valence-corrected chi connectivity index (χ2v) is 7.61. The number of morpholine rings is 1. The minimum Gasteiger partial charge on any atom is -0.378 e. The zero-order valence-electron chi connectivity index (χ0n) is 16.0. The summed E-state index contributed by atoms with van der Waals surface area (Å²) in [5, 5.41) is 0.586. The van der Waals surface area contributed by atoms with Crippen molar-refractivity contribution in [2.24, 2.45) is 4.99 Å². The number of rotatable bonds is 2. The number of benzene rings is 2. The normalized spacial score (nSPS) is 16.1. The van der Waals surface area contributed by atoms with E-state index < -0.39 is 0 Å². The summed E-state index contributed by atoms with van der Waals surface area (Å²) in [6.45, 7) is 5.34. The van der Waals surface area contributed by atoms with Gasteiger partial charge in [-0.3, -0.25) is 9.56 Å². The van der Waals surface area contributed by atoms with Crippen molar-refractivity contribution in [3.63, 3.8) is 0 Å². The number of fused-ring (bicyclic) bond motifs is 3. The topological polar surface area (TPSA) is 42.7 Å². The van der Waals surface area contributed by atoms with Gasteiger partial charge in [0.05, 0.1) is 36.9 Å². The maximum atomic E-state index is 14.7. The van der Waals surface area contributed by atoms with Crippen LogP contribution in [0.25, 0.3) is 5.69 Å². The Bertz CT molecular complexity index is 1120. The number of imidazole rings is 1. The molecule has 0 unspecified atom stereocenters. The standard InChI is InChI=1S/C22H20ClFN4O/c1-14-26-22(27-8-10-29-11-9-27)20-13-25-21(16-4-2-3-5-18(16)24)17-12-15(23)6-7-19(17)28(14)20/h2-7,12H,8-11,13H2,1H3. The molecule has 5 nitrogen and oxygen atoms in total. The third kappa shape index (κ3) is 3.12. The van der Waals surface area contributed by atoms with Crippen molar-refractivity contribution in [1.82, 2.24) is 9.55 Å². The third-order valence-electron chi connectivity index (χ3n) is 5.40. The Kier molecular flexibility index (Phi) is 4.60. The molecule has 148 valence electrons. The molecular weight excluding hydrogens is 391 g/mol. The van der Waals surface area contributed by atoms with E-state index in [1.807, 2.05) is 31.2 Å². The molecule has 3 heterocycles. The second kappa shape index (κ2) is 7.28. The number of aryl methyl sites for hydroxylation is 1. The molecule has 1 fully saturated rings. The van der Waals surface area contributed by atoms with E-state index in [2.05, 4.69) is 9.47 Å². The molecular formula is C22H20ClFN4O.